The molecule has 0 heterocycles. The SMILES string of the molecule is C[C@H]1CC2C(C(O)C[C@@]3(C)C2CC[C@]3(OC(=O)CCC(=O)O)C(=O)CO)[C@@]2(C)C=CC(=O)C=C12. The number of esters is 1. The van der Waals surface area contributed by atoms with Gasteiger partial charge >= 0.3 is 11.9 Å². The highest BCUT2D eigenvalue weighted by Crippen LogP contribution is 2.68. The predicted molar refractivity (Wildman–Crippen MR) is 120 cm³/mol. The van der Waals surface area contributed by atoms with Crippen LogP contribution in [-0.4, -0.2) is 57.1 Å². The van der Waals surface area contributed by atoms with Crippen molar-refractivity contribution in [2.24, 2.45) is 34.5 Å². The Morgan fingerprint density at radius 3 is 2.56 bits per heavy atom. The second-order valence-corrected chi connectivity index (χ2v) is 11.1. The molecule has 0 amide bonds. The number of aliphatic hydroxyl groups excluding tert-OH is 2. The highest BCUT2D eigenvalue weighted by atomic mass is 16.6. The Balaban J connectivity index is 1.72. The summed E-state index contributed by atoms with van der Waals surface area (Å²) in [4.78, 5) is 48.8. The van der Waals surface area contributed by atoms with E-state index in [4.69, 9.17) is 9.84 Å². The number of hydrogen-bond acceptors (Lipinski definition) is 7. The van der Waals surface area contributed by atoms with E-state index in [1.165, 1.54) is 0 Å². The first-order valence-corrected chi connectivity index (χ1v) is 12.1. The third-order valence-electron chi connectivity index (χ3n) is 9.36. The van der Waals surface area contributed by atoms with E-state index in [0.29, 0.717) is 6.42 Å². The Bertz CT molecular complexity index is 981. The van der Waals surface area contributed by atoms with Crippen LogP contribution in [0.4, 0.5) is 0 Å². The van der Waals surface area contributed by atoms with Crippen LogP contribution in [-0.2, 0) is 23.9 Å². The minimum absolute atomic E-state index is 0.0230. The second kappa shape index (κ2) is 8.41. The number of fused-ring (bicyclic) bond motifs is 5. The summed E-state index contributed by atoms with van der Waals surface area (Å²) < 4.78 is 5.78. The van der Waals surface area contributed by atoms with Crippen LogP contribution in [0.15, 0.2) is 23.8 Å². The van der Waals surface area contributed by atoms with Crippen LogP contribution in [0.25, 0.3) is 0 Å². The third-order valence-corrected chi connectivity index (χ3v) is 9.36. The number of carboxylic acid groups (broad SMARTS) is 1. The number of carbonyl (C=O) groups is 4. The number of carbonyl (C=O) groups excluding carboxylic acids is 3. The molecular weight excluding hydrogens is 440 g/mol. The molecule has 4 aliphatic carbocycles. The predicted octanol–water partition coefficient (Wildman–Crippen LogP) is 2.22. The number of rotatable bonds is 6. The molecule has 3 fully saturated rings. The number of ether oxygens (including phenoxy) is 1. The molecule has 186 valence electrons. The van der Waals surface area contributed by atoms with Crippen molar-refractivity contribution in [1.29, 1.82) is 0 Å². The number of carboxylic acids is 1. The zero-order valence-electron chi connectivity index (χ0n) is 20.0. The topological polar surface area (TPSA) is 138 Å². The lowest BCUT2D eigenvalue weighted by Gasteiger charge is -2.61. The maximum absolute atomic E-state index is 13.1. The molecule has 0 bridgehead atoms. The van der Waals surface area contributed by atoms with E-state index in [2.05, 4.69) is 13.8 Å². The summed E-state index contributed by atoms with van der Waals surface area (Å²) in [5, 5.41) is 30.3. The number of aliphatic hydroxyl groups is 2. The zero-order chi connectivity index (χ0) is 25.1. The number of Topliss-reactive ketones (excluding diaryl/α,β-unsaturated/α-hetero) is 1. The third kappa shape index (κ3) is 3.49. The molecular formula is C26H34O8. The quantitative estimate of drug-likeness (QED) is 0.498. The molecule has 0 aliphatic heterocycles. The number of hydrogen-bond donors (Lipinski definition) is 3. The van der Waals surface area contributed by atoms with Crippen molar-refractivity contribution < 1.29 is 39.2 Å². The first-order valence-electron chi connectivity index (χ1n) is 12.1. The van der Waals surface area contributed by atoms with Gasteiger partial charge in [0.05, 0.1) is 18.9 Å². The van der Waals surface area contributed by atoms with Crippen LogP contribution in [0, 0.1) is 34.5 Å². The molecule has 8 atom stereocenters. The lowest BCUT2D eigenvalue weighted by molar-refractivity contribution is -0.201. The van der Waals surface area contributed by atoms with Gasteiger partial charge in [-0.2, -0.15) is 0 Å². The highest BCUT2D eigenvalue weighted by molar-refractivity contribution is 6.01. The van der Waals surface area contributed by atoms with Gasteiger partial charge in [-0.3, -0.25) is 19.2 Å². The lowest BCUT2D eigenvalue weighted by atomic mass is 9.44. The van der Waals surface area contributed by atoms with Gasteiger partial charge in [0.2, 0.25) is 5.78 Å². The molecule has 0 saturated heterocycles. The molecule has 0 radical (unpaired) electrons. The summed E-state index contributed by atoms with van der Waals surface area (Å²) in [6, 6.07) is 0. The molecule has 4 aliphatic rings. The minimum atomic E-state index is -1.60. The summed E-state index contributed by atoms with van der Waals surface area (Å²) in [6.45, 7) is 5.21. The van der Waals surface area contributed by atoms with Crippen molar-refractivity contribution in [2.45, 2.75) is 71.0 Å². The van der Waals surface area contributed by atoms with Gasteiger partial charge in [-0.05, 0) is 55.6 Å². The smallest absolute Gasteiger partial charge is 0.307 e. The average molecular weight is 475 g/mol. The number of ketones is 2. The van der Waals surface area contributed by atoms with E-state index in [0.717, 1.165) is 12.0 Å². The summed E-state index contributed by atoms with van der Waals surface area (Å²) in [7, 11) is 0. The Morgan fingerprint density at radius 2 is 1.91 bits per heavy atom. The van der Waals surface area contributed by atoms with Crippen LogP contribution < -0.4 is 0 Å². The number of aliphatic carboxylic acids is 1. The first kappa shape index (κ1) is 24.8. The molecule has 0 aromatic rings. The van der Waals surface area contributed by atoms with E-state index in [1.807, 2.05) is 13.0 Å². The van der Waals surface area contributed by atoms with Gasteiger partial charge in [-0.25, -0.2) is 0 Å². The molecule has 0 aromatic carbocycles. The molecule has 0 aromatic heterocycles. The molecule has 3 saturated carbocycles. The van der Waals surface area contributed by atoms with Crippen LogP contribution >= 0.6 is 0 Å². The van der Waals surface area contributed by atoms with Crippen LogP contribution in [0.2, 0.25) is 0 Å². The largest absolute Gasteiger partial charge is 0.481 e. The fourth-order valence-corrected chi connectivity index (χ4v) is 8.00. The first-order chi connectivity index (χ1) is 15.9. The van der Waals surface area contributed by atoms with E-state index in [-0.39, 0.29) is 48.7 Å². The van der Waals surface area contributed by atoms with E-state index in [9.17, 15) is 29.4 Å². The molecule has 0 spiro atoms. The average Bonchev–Trinajstić information content (AvgIpc) is 3.05. The van der Waals surface area contributed by atoms with Crippen molar-refractivity contribution in [3.05, 3.63) is 23.8 Å². The minimum Gasteiger partial charge on any atom is -0.481 e. The van der Waals surface area contributed by atoms with Gasteiger partial charge in [0, 0.05) is 16.7 Å². The molecule has 8 nitrogen and oxygen atoms in total. The maximum atomic E-state index is 13.1. The Labute approximate surface area is 199 Å². The van der Waals surface area contributed by atoms with Crippen molar-refractivity contribution in [3.63, 3.8) is 0 Å². The molecule has 4 unspecified atom stereocenters. The normalized spacial score (nSPS) is 42.8. The van der Waals surface area contributed by atoms with Crippen molar-refractivity contribution in [2.75, 3.05) is 6.61 Å². The van der Waals surface area contributed by atoms with Gasteiger partial charge in [-0.15, -0.1) is 0 Å². The van der Waals surface area contributed by atoms with Gasteiger partial charge in [0.15, 0.2) is 11.4 Å². The highest BCUT2D eigenvalue weighted by Gasteiger charge is 2.70. The zero-order valence-corrected chi connectivity index (χ0v) is 20.0. The summed E-state index contributed by atoms with van der Waals surface area (Å²) in [6.07, 6.45) is 5.34. The molecule has 4 rings (SSSR count). The summed E-state index contributed by atoms with van der Waals surface area (Å²) in [5.41, 5.74) is -1.97. The van der Waals surface area contributed by atoms with Crippen LogP contribution in [0.3, 0.4) is 0 Å². The van der Waals surface area contributed by atoms with Crippen molar-refractivity contribution in [3.8, 4) is 0 Å². The second-order valence-electron chi connectivity index (χ2n) is 11.1. The Hall–Kier alpha value is -2.32. The Morgan fingerprint density at radius 1 is 1.21 bits per heavy atom. The van der Waals surface area contributed by atoms with Gasteiger partial charge in [0.1, 0.15) is 6.61 Å². The number of allylic oxidation sites excluding steroid dienone is 4. The molecule has 3 N–H and O–H groups in total. The van der Waals surface area contributed by atoms with Gasteiger partial charge in [0.25, 0.3) is 0 Å². The van der Waals surface area contributed by atoms with Crippen LogP contribution in [0.1, 0.15) is 59.3 Å². The molecule has 34 heavy (non-hydrogen) atoms. The van der Waals surface area contributed by atoms with Crippen molar-refractivity contribution in [1.82, 2.24) is 0 Å². The monoisotopic (exact) mass is 474 g/mol. The standard InChI is InChI=1S/C26H34O8/c1-14-10-16-17-7-9-26(20(30)13-27,34-22(33)5-4-21(31)32)25(17,3)12-19(29)23(16)24(2)8-6-15(28)11-18(14)24/h6,8,11,14,16-17,19,23,27,29H,4-5,7,9-10,12-13H2,1-3H3,(H,31,32)/t14-,16?,17?,19?,23?,24-,25-,26-/m0/s1. The molecule has 8 heteroatoms. The van der Waals surface area contributed by atoms with E-state index >= 15 is 0 Å². The summed E-state index contributed by atoms with van der Waals surface area (Å²) in [5.74, 6) is -2.65. The van der Waals surface area contributed by atoms with E-state index in [1.54, 1.807) is 12.2 Å². The van der Waals surface area contributed by atoms with Gasteiger partial charge < -0.3 is 20.1 Å². The van der Waals surface area contributed by atoms with Gasteiger partial charge in [-0.1, -0.05) is 32.4 Å². The Kier molecular flexibility index (Phi) is 6.13. The maximum Gasteiger partial charge on any atom is 0.307 e. The van der Waals surface area contributed by atoms with E-state index < -0.39 is 53.3 Å². The van der Waals surface area contributed by atoms with Crippen molar-refractivity contribution >= 4 is 23.5 Å². The fourth-order valence-electron chi connectivity index (χ4n) is 8.00. The summed E-state index contributed by atoms with van der Waals surface area (Å²) >= 11 is 0. The fraction of sp³-hybridized carbons (Fsp3) is 0.692. The lowest BCUT2D eigenvalue weighted by Crippen LogP contribution is -2.63. The van der Waals surface area contributed by atoms with Crippen LogP contribution in [0.5, 0.6) is 0 Å².